The molecule has 0 radical (unpaired) electrons. The van der Waals surface area contributed by atoms with Crippen LogP contribution in [0.1, 0.15) is 15.4 Å². The van der Waals surface area contributed by atoms with Gasteiger partial charge in [-0.15, -0.1) is 21.5 Å². The number of benzene rings is 1. The second-order valence-corrected chi connectivity index (χ2v) is 6.41. The summed E-state index contributed by atoms with van der Waals surface area (Å²) in [6.07, 6.45) is 0. The Kier molecular flexibility index (Phi) is 3.96. The lowest BCUT2D eigenvalue weighted by Gasteiger charge is -1.98. The zero-order chi connectivity index (χ0) is 14.8. The third-order valence-electron chi connectivity index (χ3n) is 2.65. The van der Waals surface area contributed by atoms with Crippen molar-refractivity contribution in [3.63, 3.8) is 0 Å². The van der Waals surface area contributed by atoms with Crippen LogP contribution < -0.4 is 5.32 Å². The summed E-state index contributed by atoms with van der Waals surface area (Å²) in [4.78, 5) is 17.2. The molecule has 0 aliphatic heterocycles. The molecule has 1 N–H and O–H groups in total. The van der Waals surface area contributed by atoms with E-state index in [1.165, 1.54) is 22.7 Å². The Bertz CT molecular complexity index is 785. The molecule has 3 rings (SSSR count). The van der Waals surface area contributed by atoms with Crippen molar-refractivity contribution in [2.45, 2.75) is 6.92 Å². The molecular formula is C13H9ClN4OS2. The average Bonchev–Trinajstić information content (AvgIpc) is 3.08. The van der Waals surface area contributed by atoms with E-state index in [4.69, 9.17) is 11.6 Å². The predicted molar refractivity (Wildman–Crippen MR) is 85.2 cm³/mol. The highest BCUT2D eigenvalue weighted by Crippen LogP contribution is 2.30. The number of hydrogen-bond acceptors (Lipinski definition) is 6. The number of thiazole rings is 1. The molecule has 0 aliphatic rings. The molecule has 0 fully saturated rings. The van der Waals surface area contributed by atoms with Crippen LogP contribution in [0.2, 0.25) is 5.02 Å². The van der Waals surface area contributed by atoms with E-state index < -0.39 is 0 Å². The molecule has 0 bridgehead atoms. The van der Waals surface area contributed by atoms with Crippen molar-refractivity contribution in [3.8, 4) is 10.6 Å². The lowest BCUT2D eigenvalue weighted by Crippen LogP contribution is -2.11. The Morgan fingerprint density at radius 2 is 2.24 bits per heavy atom. The predicted octanol–water partition coefficient (Wildman–Crippen LogP) is 3.88. The lowest BCUT2D eigenvalue weighted by molar-refractivity contribution is 0.102. The Balaban J connectivity index is 1.89. The standard InChI is InChI=1S/C13H9ClN4OS2/c1-7-10(11(19)17-13-18-15-6-20-13)21-12(16-7)8-3-2-4-9(14)5-8/h2-6H,1H3,(H,17,18,19). The van der Waals surface area contributed by atoms with Gasteiger partial charge in [0.25, 0.3) is 5.91 Å². The fourth-order valence-corrected chi connectivity index (χ4v) is 3.32. The van der Waals surface area contributed by atoms with Crippen LogP contribution >= 0.6 is 34.3 Å². The summed E-state index contributed by atoms with van der Waals surface area (Å²) in [7, 11) is 0. The lowest BCUT2D eigenvalue weighted by atomic mass is 10.2. The maximum atomic E-state index is 12.2. The van der Waals surface area contributed by atoms with Crippen LogP contribution in [0.3, 0.4) is 0 Å². The number of carbonyl (C=O) groups is 1. The van der Waals surface area contributed by atoms with Crippen LogP contribution in [0.15, 0.2) is 29.8 Å². The first-order valence-electron chi connectivity index (χ1n) is 5.94. The van der Waals surface area contributed by atoms with Gasteiger partial charge < -0.3 is 0 Å². The first-order chi connectivity index (χ1) is 10.1. The minimum absolute atomic E-state index is 0.227. The molecular weight excluding hydrogens is 328 g/mol. The molecule has 0 spiro atoms. The summed E-state index contributed by atoms with van der Waals surface area (Å²) < 4.78 is 0. The summed E-state index contributed by atoms with van der Waals surface area (Å²) in [6.45, 7) is 1.81. The molecule has 1 amide bonds. The quantitative estimate of drug-likeness (QED) is 0.788. The maximum Gasteiger partial charge on any atom is 0.269 e. The third kappa shape index (κ3) is 3.10. The molecule has 0 unspecified atom stereocenters. The van der Waals surface area contributed by atoms with Crippen molar-refractivity contribution in [2.24, 2.45) is 0 Å². The van der Waals surface area contributed by atoms with Crippen molar-refractivity contribution in [2.75, 3.05) is 5.32 Å². The fraction of sp³-hybridized carbons (Fsp3) is 0.0769. The number of aromatic nitrogens is 3. The van der Waals surface area contributed by atoms with Gasteiger partial charge in [0.05, 0.1) is 5.69 Å². The number of rotatable bonds is 3. The van der Waals surface area contributed by atoms with Gasteiger partial charge in [-0.3, -0.25) is 10.1 Å². The molecule has 0 saturated heterocycles. The Labute approximate surface area is 133 Å². The van der Waals surface area contributed by atoms with E-state index in [2.05, 4.69) is 20.5 Å². The van der Waals surface area contributed by atoms with Crippen molar-refractivity contribution < 1.29 is 4.79 Å². The zero-order valence-electron chi connectivity index (χ0n) is 10.8. The van der Waals surface area contributed by atoms with Gasteiger partial charge in [-0.2, -0.15) is 0 Å². The van der Waals surface area contributed by atoms with Gasteiger partial charge in [0.1, 0.15) is 15.4 Å². The Morgan fingerprint density at radius 1 is 1.38 bits per heavy atom. The van der Waals surface area contributed by atoms with Crippen molar-refractivity contribution in [1.29, 1.82) is 0 Å². The van der Waals surface area contributed by atoms with Crippen LogP contribution in [0, 0.1) is 6.92 Å². The molecule has 0 saturated carbocycles. The number of nitrogens with zero attached hydrogens (tertiary/aromatic N) is 3. The van der Waals surface area contributed by atoms with Crippen molar-refractivity contribution >= 4 is 45.3 Å². The normalized spacial score (nSPS) is 10.6. The number of nitrogens with one attached hydrogen (secondary N) is 1. The summed E-state index contributed by atoms with van der Waals surface area (Å²) in [5, 5.41) is 12.0. The first-order valence-corrected chi connectivity index (χ1v) is 8.02. The van der Waals surface area contributed by atoms with Gasteiger partial charge in [0.2, 0.25) is 5.13 Å². The van der Waals surface area contributed by atoms with E-state index in [1.807, 2.05) is 18.2 Å². The van der Waals surface area contributed by atoms with Gasteiger partial charge in [-0.05, 0) is 19.1 Å². The highest BCUT2D eigenvalue weighted by Gasteiger charge is 2.17. The number of hydrogen-bond donors (Lipinski definition) is 1. The Morgan fingerprint density at radius 3 is 2.95 bits per heavy atom. The largest absolute Gasteiger partial charge is 0.296 e. The van der Waals surface area contributed by atoms with Gasteiger partial charge >= 0.3 is 0 Å². The minimum Gasteiger partial charge on any atom is -0.296 e. The summed E-state index contributed by atoms with van der Waals surface area (Å²) in [6, 6.07) is 7.40. The molecule has 2 heterocycles. The topological polar surface area (TPSA) is 67.8 Å². The summed E-state index contributed by atoms with van der Waals surface area (Å²) >= 11 is 8.58. The number of halogens is 1. The molecule has 1 aromatic carbocycles. The van der Waals surface area contributed by atoms with E-state index in [1.54, 1.807) is 18.5 Å². The number of anilines is 1. The van der Waals surface area contributed by atoms with Crippen LogP contribution in [-0.4, -0.2) is 21.1 Å². The number of aryl methyl sites for hydroxylation is 1. The summed E-state index contributed by atoms with van der Waals surface area (Å²) in [5.41, 5.74) is 3.13. The van der Waals surface area contributed by atoms with Crippen LogP contribution in [0.5, 0.6) is 0 Å². The van der Waals surface area contributed by atoms with Gasteiger partial charge in [-0.25, -0.2) is 4.98 Å². The first kappa shape index (κ1) is 14.1. The zero-order valence-corrected chi connectivity index (χ0v) is 13.2. The summed E-state index contributed by atoms with van der Waals surface area (Å²) in [5.74, 6) is -0.227. The smallest absolute Gasteiger partial charge is 0.269 e. The SMILES string of the molecule is Cc1nc(-c2cccc(Cl)c2)sc1C(=O)Nc1nncs1. The second-order valence-electron chi connectivity index (χ2n) is 4.14. The van der Waals surface area contributed by atoms with Crippen molar-refractivity contribution in [1.82, 2.24) is 15.2 Å². The maximum absolute atomic E-state index is 12.2. The third-order valence-corrected chi connectivity index (χ3v) is 4.70. The van der Waals surface area contributed by atoms with E-state index >= 15 is 0 Å². The monoisotopic (exact) mass is 336 g/mol. The number of amides is 1. The number of carbonyl (C=O) groups excluding carboxylic acids is 1. The molecule has 5 nitrogen and oxygen atoms in total. The van der Waals surface area contributed by atoms with Gasteiger partial charge in [0.15, 0.2) is 0 Å². The molecule has 106 valence electrons. The van der Waals surface area contributed by atoms with Gasteiger partial charge in [-0.1, -0.05) is 35.1 Å². The Hall–Kier alpha value is -1.83. The highest BCUT2D eigenvalue weighted by atomic mass is 35.5. The van der Waals surface area contributed by atoms with E-state index in [0.29, 0.717) is 20.7 Å². The van der Waals surface area contributed by atoms with Crippen LogP contribution in [-0.2, 0) is 0 Å². The minimum atomic E-state index is -0.227. The van der Waals surface area contributed by atoms with Crippen LogP contribution in [0.25, 0.3) is 10.6 Å². The second kappa shape index (κ2) is 5.88. The fourth-order valence-electron chi connectivity index (χ4n) is 1.73. The highest BCUT2D eigenvalue weighted by molar-refractivity contribution is 7.17. The molecule has 0 aliphatic carbocycles. The molecule has 8 heteroatoms. The molecule has 3 aromatic rings. The average molecular weight is 337 g/mol. The van der Waals surface area contributed by atoms with Crippen LogP contribution in [0.4, 0.5) is 5.13 Å². The molecule has 0 atom stereocenters. The molecule has 21 heavy (non-hydrogen) atoms. The van der Waals surface area contributed by atoms with Gasteiger partial charge in [0, 0.05) is 10.6 Å². The van der Waals surface area contributed by atoms with Crippen molar-refractivity contribution in [3.05, 3.63) is 45.4 Å². The van der Waals surface area contributed by atoms with E-state index in [0.717, 1.165) is 10.6 Å². The van der Waals surface area contributed by atoms with E-state index in [-0.39, 0.29) is 5.91 Å². The molecule has 2 aromatic heterocycles. The van der Waals surface area contributed by atoms with E-state index in [9.17, 15) is 4.79 Å².